The van der Waals surface area contributed by atoms with Crippen LogP contribution in [-0.4, -0.2) is 44.7 Å². The smallest absolute Gasteiger partial charge is 0.364 e. The molecule has 1 saturated carbocycles. The molecule has 0 aliphatic heterocycles. The molecule has 1 fully saturated rings. The first kappa shape index (κ1) is 27.9. The van der Waals surface area contributed by atoms with Gasteiger partial charge in [0.05, 0.1) is 16.3 Å². The Balaban J connectivity index is 1.94. The number of carbonyl (C=O) groups is 3. The summed E-state index contributed by atoms with van der Waals surface area (Å²) in [6, 6.07) is 5.84. The van der Waals surface area contributed by atoms with Crippen molar-refractivity contribution in [2.75, 3.05) is 4.90 Å². The molecule has 1 aliphatic carbocycles. The van der Waals surface area contributed by atoms with Crippen LogP contribution in [0.5, 0.6) is 0 Å². The zero-order valence-electron chi connectivity index (χ0n) is 19.4. The van der Waals surface area contributed by atoms with E-state index in [1.807, 2.05) is 0 Å². The molecule has 9 nitrogen and oxygen atoms in total. The number of halogens is 6. The lowest BCUT2D eigenvalue weighted by Crippen LogP contribution is -2.41. The number of hydrogen-bond acceptors (Lipinski definition) is 5. The molecular weight excluding hydrogens is 616 g/mol. The summed E-state index contributed by atoms with van der Waals surface area (Å²) in [5, 5.41) is 6.79. The molecule has 0 bridgehead atoms. The van der Waals surface area contributed by atoms with Gasteiger partial charge in [-0.3, -0.25) is 19.3 Å². The molecule has 0 radical (unpaired) electrons. The van der Waals surface area contributed by atoms with Gasteiger partial charge in [0, 0.05) is 27.8 Å². The minimum atomic E-state index is -5.41. The SMILES string of the molecule is CC(NC(=O)c1cc(Cl)cc(Br)c1N(C(=O)C(F)(F)F)c1cc(C(N)=O)n(-c2ncccc2Cl)n1)C1CC1. The van der Waals surface area contributed by atoms with Crippen LogP contribution >= 0.6 is 39.1 Å². The van der Waals surface area contributed by atoms with Crippen LogP contribution in [0.1, 0.15) is 40.6 Å². The molecular formula is C23H18BrCl2F3N6O3. The predicted octanol–water partition coefficient (Wildman–Crippen LogP) is 5.19. The lowest BCUT2D eigenvalue weighted by Gasteiger charge is -2.26. The molecule has 3 amide bonds. The number of amides is 3. The van der Waals surface area contributed by atoms with Crippen LogP contribution in [0.4, 0.5) is 24.7 Å². The second-order valence-corrected chi connectivity index (χ2v) is 10.2. The van der Waals surface area contributed by atoms with Crippen molar-refractivity contribution >= 4 is 68.4 Å². The fourth-order valence-electron chi connectivity index (χ4n) is 3.76. The maximum atomic E-state index is 13.9. The van der Waals surface area contributed by atoms with Crippen molar-refractivity contribution in [3.05, 3.63) is 62.3 Å². The molecule has 1 aliphatic rings. The number of carbonyl (C=O) groups excluding carboxylic acids is 3. The van der Waals surface area contributed by atoms with E-state index >= 15 is 0 Å². The van der Waals surface area contributed by atoms with E-state index in [1.54, 1.807) is 6.92 Å². The summed E-state index contributed by atoms with van der Waals surface area (Å²) in [6.07, 6.45) is -2.30. The quantitative estimate of drug-likeness (QED) is 0.371. The maximum absolute atomic E-state index is 13.9. The second-order valence-electron chi connectivity index (χ2n) is 8.49. The van der Waals surface area contributed by atoms with Gasteiger partial charge in [0.25, 0.3) is 11.8 Å². The minimum absolute atomic E-state index is 0.000141. The lowest BCUT2D eigenvalue weighted by atomic mass is 10.1. The average Bonchev–Trinajstić information content (AvgIpc) is 3.59. The van der Waals surface area contributed by atoms with Crippen LogP contribution in [0.3, 0.4) is 0 Å². The number of hydrogen-bond donors (Lipinski definition) is 2. The number of pyridine rings is 1. The van der Waals surface area contributed by atoms with E-state index in [0.717, 1.165) is 29.7 Å². The molecule has 2 aromatic heterocycles. The van der Waals surface area contributed by atoms with Crippen LogP contribution in [0.2, 0.25) is 10.0 Å². The van der Waals surface area contributed by atoms with Gasteiger partial charge in [0.2, 0.25) is 0 Å². The highest BCUT2D eigenvalue weighted by Crippen LogP contribution is 2.41. The summed E-state index contributed by atoms with van der Waals surface area (Å²) < 4.78 is 42.4. The third kappa shape index (κ3) is 5.64. The second kappa shape index (κ2) is 10.5. The van der Waals surface area contributed by atoms with Gasteiger partial charge < -0.3 is 11.1 Å². The third-order valence-corrected chi connectivity index (χ3v) is 6.87. The number of alkyl halides is 3. The number of nitrogens with two attached hydrogens (primary N) is 1. The van der Waals surface area contributed by atoms with Crippen molar-refractivity contribution in [1.82, 2.24) is 20.1 Å². The van der Waals surface area contributed by atoms with E-state index in [1.165, 1.54) is 24.4 Å². The Hall–Kier alpha value is -3.16. The molecule has 38 heavy (non-hydrogen) atoms. The van der Waals surface area contributed by atoms with E-state index in [0.29, 0.717) is 0 Å². The zero-order valence-corrected chi connectivity index (χ0v) is 22.5. The summed E-state index contributed by atoms with van der Waals surface area (Å²) in [5.41, 5.74) is 4.20. The summed E-state index contributed by atoms with van der Waals surface area (Å²) >= 11 is 15.4. The van der Waals surface area contributed by atoms with Crippen LogP contribution in [0.15, 0.2) is 41.0 Å². The lowest BCUT2D eigenvalue weighted by molar-refractivity contribution is -0.169. The number of rotatable bonds is 7. The van der Waals surface area contributed by atoms with Crippen LogP contribution in [-0.2, 0) is 4.79 Å². The molecule has 1 atom stereocenters. The van der Waals surface area contributed by atoms with Crippen LogP contribution in [0.25, 0.3) is 5.82 Å². The first-order valence-corrected chi connectivity index (χ1v) is 12.6. The average molecular weight is 634 g/mol. The van der Waals surface area contributed by atoms with Gasteiger partial charge in [-0.05, 0) is 65.9 Å². The highest BCUT2D eigenvalue weighted by Gasteiger charge is 2.46. The molecule has 3 N–H and O–H groups in total. The van der Waals surface area contributed by atoms with Crippen molar-refractivity contribution in [3.8, 4) is 5.82 Å². The monoisotopic (exact) mass is 632 g/mol. The first-order chi connectivity index (χ1) is 17.8. The van der Waals surface area contributed by atoms with Crippen molar-refractivity contribution in [2.24, 2.45) is 11.7 Å². The molecule has 1 aromatic carbocycles. The topological polar surface area (TPSA) is 123 Å². The highest BCUT2D eigenvalue weighted by molar-refractivity contribution is 9.10. The normalized spacial score (nSPS) is 14.2. The van der Waals surface area contributed by atoms with E-state index < -0.39 is 41.1 Å². The first-order valence-electron chi connectivity index (χ1n) is 11.0. The van der Waals surface area contributed by atoms with Crippen LogP contribution < -0.4 is 16.0 Å². The Labute approximate surface area is 232 Å². The van der Waals surface area contributed by atoms with E-state index in [-0.39, 0.29) is 42.8 Å². The molecule has 15 heteroatoms. The number of nitrogens with zero attached hydrogens (tertiary/aromatic N) is 4. The predicted molar refractivity (Wildman–Crippen MR) is 137 cm³/mol. The number of benzene rings is 1. The number of aromatic nitrogens is 3. The Morgan fingerprint density at radius 3 is 2.50 bits per heavy atom. The number of anilines is 2. The standard InChI is InChI=1S/C23H18BrCl2F3N6O3/c1-10(11-4-5-11)32-21(37)13-7-12(25)8-14(24)18(13)34(22(38)23(27,28)29)17-9-16(19(30)36)35(33-17)20-15(26)3-2-6-31-20/h2-3,6-11H,4-5H2,1H3,(H2,30,36)(H,32,37). The number of primary amides is 1. The summed E-state index contributed by atoms with van der Waals surface area (Å²) in [4.78, 5) is 42.4. The number of nitrogens with one attached hydrogen (secondary N) is 1. The van der Waals surface area contributed by atoms with Gasteiger partial charge in [-0.15, -0.1) is 5.10 Å². The van der Waals surface area contributed by atoms with Gasteiger partial charge in [0.1, 0.15) is 5.69 Å². The largest absolute Gasteiger partial charge is 0.472 e. The minimum Gasteiger partial charge on any atom is -0.364 e. The van der Waals surface area contributed by atoms with Crippen molar-refractivity contribution in [3.63, 3.8) is 0 Å². The fraction of sp³-hybridized carbons (Fsp3) is 0.261. The van der Waals surface area contributed by atoms with Crippen molar-refractivity contribution in [1.29, 1.82) is 0 Å². The molecule has 4 rings (SSSR count). The van der Waals surface area contributed by atoms with Gasteiger partial charge in [0.15, 0.2) is 11.6 Å². The summed E-state index contributed by atoms with van der Waals surface area (Å²) in [6.45, 7) is 1.77. The van der Waals surface area contributed by atoms with Gasteiger partial charge in [-0.25, -0.2) is 9.67 Å². The molecule has 1 unspecified atom stereocenters. The fourth-order valence-corrected chi connectivity index (χ4v) is 4.95. The van der Waals surface area contributed by atoms with E-state index in [4.69, 9.17) is 28.9 Å². The molecule has 3 aromatic rings. The molecule has 200 valence electrons. The highest BCUT2D eigenvalue weighted by atomic mass is 79.9. The van der Waals surface area contributed by atoms with E-state index in [9.17, 15) is 27.6 Å². The molecule has 2 heterocycles. The molecule has 0 spiro atoms. The van der Waals surface area contributed by atoms with Gasteiger partial charge in [-0.2, -0.15) is 13.2 Å². The van der Waals surface area contributed by atoms with E-state index in [2.05, 4.69) is 31.3 Å². The zero-order chi connectivity index (χ0) is 27.9. The Kier molecular flexibility index (Phi) is 7.73. The summed E-state index contributed by atoms with van der Waals surface area (Å²) in [5.74, 6) is -4.80. The summed E-state index contributed by atoms with van der Waals surface area (Å²) in [7, 11) is 0. The van der Waals surface area contributed by atoms with Crippen molar-refractivity contribution < 1.29 is 27.6 Å². The Morgan fingerprint density at radius 1 is 1.24 bits per heavy atom. The van der Waals surface area contributed by atoms with Crippen LogP contribution in [0, 0.1) is 5.92 Å². The Bertz CT molecular complexity index is 1440. The maximum Gasteiger partial charge on any atom is 0.472 e. The Morgan fingerprint density at radius 2 is 1.92 bits per heavy atom. The van der Waals surface area contributed by atoms with Gasteiger partial charge in [-0.1, -0.05) is 23.2 Å². The third-order valence-electron chi connectivity index (χ3n) is 5.75. The van der Waals surface area contributed by atoms with Gasteiger partial charge >= 0.3 is 12.1 Å². The van der Waals surface area contributed by atoms with Crippen molar-refractivity contribution in [2.45, 2.75) is 32.0 Å². The molecule has 0 saturated heterocycles.